The minimum Gasteiger partial charge on any atom is -0.481 e. The molecule has 0 fully saturated rings. The molecule has 0 saturated carbocycles. The third-order valence-corrected chi connectivity index (χ3v) is 5.28. The van der Waals surface area contributed by atoms with E-state index < -0.39 is 5.97 Å². The number of carboxylic acids is 1. The highest BCUT2D eigenvalue weighted by Crippen LogP contribution is 2.36. The van der Waals surface area contributed by atoms with Crippen molar-refractivity contribution in [3.05, 3.63) is 35.0 Å². The first kappa shape index (κ1) is 17.3. The molecule has 3 aromatic rings. The fourth-order valence-corrected chi connectivity index (χ4v) is 3.73. The van der Waals surface area contributed by atoms with Gasteiger partial charge >= 0.3 is 5.97 Å². The molecule has 3 rings (SSSR count). The van der Waals surface area contributed by atoms with Gasteiger partial charge in [-0.2, -0.15) is 0 Å². The van der Waals surface area contributed by atoms with E-state index in [2.05, 4.69) is 18.8 Å². The van der Waals surface area contributed by atoms with Crippen molar-refractivity contribution in [1.29, 1.82) is 0 Å². The predicted octanol–water partition coefficient (Wildman–Crippen LogP) is 3.67. The molecule has 0 saturated heterocycles. The highest BCUT2D eigenvalue weighted by atomic mass is 32.1. The average Bonchev–Trinajstić information content (AvgIpc) is 2.89. The molecule has 0 radical (unpaired) electrons. The molecule has 1 N–H and O–H groups in total. The topological polar surface area (TPSA) is 79.2 Å². The van der Waals surface area contributed by atoms with Gasteiger partial charge < -0.3 is 10.0 Å². The van der Waals surface area contributed by atoms with E-state index in [9.17, 15) is 4.79 Å². The minimum absolute atomic E-state index is 0.148. The number of carboxylic acid groups (broad SMARTS) is 1. The van der Waals surface area contributed by atoms with Gasteiger partial charge in [0.05, 0.1) is 5.39 Å². The molecule has 0 aliphatic heterocycles. The summed E-state index contributed by atoms with van der Waals surface area (Å²) < 4.78 is 0. The maximum absolute atomic E-state index is 10.8. The SMILES string of the molecule is Cc1sc2nc(-c3cccnc3)nc(N(C)CCCC(=O)O)c2c1C. The van der Waals surface area contributed by atoms with Crippen LogP contribution in [0.5, 0.6) is 0 Å². The number of hydrogen-bond donors (Lipinski definition) is 1. The van der Waals surface area contributed by atoms with E-state index >= 15 is 0 Å². The van der Waals surface area contributed by atoms with Crippen LogP contribution in [-0.2, 0) is 4.79 Å². The van der Waals surface area contributed by atoms with Gasteiger partial charge in [0, 0.05) is 42.8 Å². The summed E-state index contributed by atoms with van der Waals surface area (Å²) >= 11 is 1.66. The van der Waals surface area contributed by atoms with Gasteiger partial charge in [-0.3, -0.25) is 9.78 Å². The molecule has 0 amide bonds. The second kappa shape index (κ2) is 7.14. The Hall–Kier alpha value is -2.54. The van der Waals surface area contributed by atoms with Crippen LogP contribution in [0.25, 0.3) is 21.6 Å². The van der Waals surface area contributed by atoms with Crippen molar-refractivity contribution in [3.63, 3.8) is 0 Å². The first-order chi connectivity index (χ1) is 12.0. The van der Waals surface area contributed by atoms with Crippen LogP contribution in [0.3, 0.4) is 0 Å². The van der Waals surface area contributed by atoms with Crippen LogP contribution in [0, 0.1) is 13.8 Å². The molecule has 3 aromatic heterocycles. The highest BCUT2D eigenvalue weighted by Gasteiger charge is 2.18. The Morgan fingerprint density at radius 1 is 1.32 bits per heavy atom. The summed E-state index contributed by atoms with van der Waals surface area (Å²) in [4.78, 5) is 28.6. The monoisotopic (exact) mass is 356 g/mol. The van der Waals surface area contributed by atoms with Crippen LogP contribution < -0.4 is 4.90 Å². The van der Waals surface area contributed by atoms with Crippen molar-refractivity contribution in [2.45, 2.75) is 26.7 Å². The summed E-state index contributed by atoms with van der Waals surface area (Å²) in [6.45, 7) is 4.79. The van der Waals surface area contributed by atoms with Crippen molar-refractivity contribution >= 4 is 33.3 Å². The van der Waals surface area contributed by atoms with Crippen LogP contribution in [0.15, 0.2) is 24.5 Å². The number of hydrogen-bond acceptors (Lipinski definition) is 6. The number of aliphatic carboxylic acids is 1. The third-order valence-electron chi connectivity index (χ3n) is 4.18. The number of nitrogens with zero attached hydrogens (tertiary/aromatic N) is 4. The van der Waals surface area contributed by atoms with Crippen molar-refractivity contribution in [2.75, 3.05) is 18.5 Å². The van der Waals surface area contributed by atoms with Crippen LogP contribution in [-0.4, -0.2) is 39.6 Å². The zero-order valence-electron chi connectivity index (χ0n) is 14.5. The van der Waals surface area contributed by atoms with Crippen molar-refractivity contribution < 1.29 is 9.90 Å². The number of fused-ring (bicyclic) bond motifs is 1. The second-order valence-corrected chi connectivity index (χ2v) is 7.20. The standard InChI is InChI=1S/C18H20N4O2S/c1-11-12(2)25-18-15(11)17(22(3)9-5-7-14(23)24)20-16(21-18)13-6-4-8-19-10-13/h4,6,8,10H,5,7,9H2,1-3H3,(H,23,24). The van der Waals surface area contributed by atoms with Gasteiger partial charge in [-0.25, -0.2) is 9.97 Å². The first-order valence-electron chi connectivity index (χ1n) is 8.08. The fraction of sp³-hybridized carbons (Fsp3) is 0.333. The summed E-state index contributed by atoms with van der Waals surface area (Å²) in [7, 11) is 1.95. The number of rotatable bonds is 6. The number of anilines is 1. The Balaban J connectivity index is 2.06. The van der Waals surface area contributed by atoms with Gasteiger partial charge in [-0.05, 0) is 38.0 Å². The highest BCUT2D eigenvalue weighted by molar-refractivity contribution is 7.18. The second-order valence-electron chi connectivity index (χ2n) is 5.99. The molecular weight excluding hydrogens is 336 g/mol. The first-order valence-corrected chi connectivity index (χ1v) is 8.90. The largest absolute Gasteiger partial charge is 0.481 e. The summed E-state index contributed by atoms with van der Waals surface area (Å²) in [6.07, 6.45) is 4.19. The molecule has 25 heavy (non-hydrogen) atoms. The summed E-state index contributed by atoms with van der Waals surface area (Å²) in [5.41, 5.74) is 2.05. The molecule has 0 aliphatic rings. The van der Waals surface area contributed by atoms with E-state index in [4.69, 9.17) is 15.1 Å². The van der Waals surface area contributed by atoms with Crippen LogP contribution in [0.4, 0.5) is 5.82 Å². The average molecular weight is 356 g/mol. The van der Waals surface area contributed by atoms with Crippen molar-refractivity contribution in [2.24, 2.45) is 0 Å². The zero-order valence-corrected chi connectivity index (χ0v) is 15.3. The Kier molecular flexibility index (Phi) is 4.94. The van der Waals surface area contributed by atoms with Crippen LogP contribution in [0.2, 0.25) is 0 Å². The molecule has 3 heterocycles. The molecule has 0 aromatic carbocycles. The molecule has 0 spiro atoms. The summed E-state index contributed by atoms with van der Waals surface area (Å²) in [5.74, 6) is 0.706. The maximum Gasteiger partial charge on any atom is 0.303 e. The van der Waals surface area contributed by atoms with E-state index in [-0.39, 0.29) is 6.42 Å². The Morgan fingerprint density at radius 3 is 2.80 bits per heavy atom. The number of thiophene rings is 1. The molecule has 0 aliphatic carbocycles. The molecule has 0 bridgehead atoms. The Morgan fingerprint density at radius 2 is 2.12 bits per heavy atom. The van der Waals surface area contributed by atoms with Gasteiger partial charge in [-0.15, -0.1) is 11.3 Å². The lowest BCUT2D eigenvalue weighted by atomic mass is 10.2. The Bertz CT molecular complexity index is 908. The van der Waals surface area contributed by atoms with Gasteiger partial charge in [0.15, 0.2) is 5.82 Å². The Labute approximate surface area is 150 Å². The number of pyridine rings is 1. The number of aryl methyl sites for hydroxylation is 2. The maximum atomic E-state index is 10.8. The van der Waals surface area contributed by atoms with Gasteiger partial charge in [-0.1, -0.05) is 0 Å². The fourth-order valence-electron chi connectivity index (χ4n) is 2.70. The molecule has 0 atom stereocenters. The van der Waals surface area contributed by atoms with Crippen LogP contribution >= 0.6 is 11.3 Å². The van der Waals surface area contributed by atoms with Gasteiger partial charge in [0.2, 0.25) is 0 Å². The van der Waals surface area contributed by atoms with E-state index in [1.54, 1.807) is 23.7 Å². The van der Waals surface area contributed by atoms with Crippen molar-refractivity contribution in [3.8, 4) is 11.4 Å². The molecule has 130 valence electrons. The zero-order chi connectivity index (χ0) is 18.0. The molecule has 7 heteroatoms. The summed E-state index contributed by atoms with van der Waals surface area (Å²) in [5, 5.41) is 9.91. The van der Waals surface area contributed by atoms with E-state index in [0.29, 0.717) is 18.8 Å². The normalized spacial score (nSPS) is 11.0. The van der Waals surface area contributed by atoms with E-state index in [1.807, 2.05) is 24.1 Å². The van der Waals surface area contributed by atoms with E-state index in [1.165, 1.54) is 10.4 Å². The summed E-state index contributed by atoms with van der Waals surface area (Å²) in [6, 6.07) is 3.81. The molecule has 6 nitrogen and oxygen atoms in total. The van der Waals surface area contributed by atoms with Crippen LogP contribution in [0.1, 0.15) is 23.3 Å². The quantitative estimate of drug-likeness (QED) is 0.726. The smallest absolute Gasteiger partial charge is 0.303 e. The number of carbonyl (C=O) groups is 1. The van der Waals surface area contributed by atoms with Gasteiger partial charge in [0.1, 0.15) is 10.6 Å². The molecule has 0 unspecified atom stereocenters. The lowest BCUT2D eigenvalue weighted by Crippen LogP contribution is -2.21. The van der Waals surface area contributed by atoms with Gasteiger partial charge in [0.25, 0.3) is 0 Å². The molecular formula is C18H20N4O2S. The minimum atomic E-state index is -0.778. The lowest BCUT2D eigenvalue weighted by Gasteiger charge is -2.20. The number of aromatic nitrogens is 3. The van der Waals surface area contributed by atoms with E-state index in [0.717, 1.165) is 21.6 Å². The lowest BCUT2D eigenvalue weighted by molar-refractivity contribution is -0.137. The predicted molar refractivity (Wildman–Crippen MR) is 100 cm³/mol. The van der Waals surface area contributed by atoms with Crippen molar-refractivity contribution in [1.82, 2.24) is 15.0 Å². The third kappa shape index (κ3) is 3.61.